The lowest BCUT2D eigenvalue weighted by Crippen LogP contribution is -2.50. The van der Waals surface area contributed by atoms with Gasteiger partial charge in [-0.05, 0) is 36.8 Å². The van der Waals surface area contributed by atoms with Crippen molar-refractivity contribution >= 4 is 15.9 Å². The van der Waals surface area contributed by atoms with E-state index in [1.165, 1.54) is 4.31 Å². The van der Waals surface area contributed by atoms with Gasteiger partial charge in [-0.25, -0.2) is 8.42 Å². The quantitative estimate of drug-likeness (QED) is 0.788. The maximum atomic E-state index is 12.8. The molecule has 0 spiro atoms. The Balaban J connectivity index is 1.67. The summed E-state index contributed by atoms with van der Waals surface area (Å²) in [6.45, 7) is 3.70. The second kappa shape index (κ2) is 8.21. The molecular formula is C20H24N2O4S. The van der Waals surface area contributed by atoms with Crippen LogP contribution in [0.5, 0.6) is 0 Å². The predicted molar refractivity (Wildman–Crippen MR) is 103 cm³/mol. The number of carbonyl (C=O) groups is 1. The van der Waals surface area contributed by atoms with E-state index in [2.05, 4.69) is 0 Å². The minimum absolute atomic E-state index is 0.0830. The second-order valence-corrected chi connectivity index (χ2v) is 8.58. The van der Waals surface area contributed by atoms with Crippen molar-refractivity contribution in [2.24, 2.45) is 0 Å². The molecule has 0 atom stereocenters. The Morgan fingerprint density at radius 3 is 2.33 bits per heavy atom. The zero-order valence-corrected chi connectivity index (χ0v) is 16.4. The van der Waals surface area contributed by atoms with Crippen LogP contribution in [0.4, 0.5) is 0 Å². The van der Waals surface area contributed by atoms with E-state index in [9.17, 15) is 13.2 Å². The lowest BCUT2D eigenvalue weighted by atomic mass is 10.1. The van der Waals surface area contributed by atoms with Crippen molar-refractivity contribution in [1.82, 2.24) is 9.21 Å². The molecule has 0 radical (unpaired) electrons. The van der Waals surface area contributed by atoms with Crippen molar-refractivity contribution in [2.45, 2.75) is 18.4 Å². The molecule has 1 heterocycles. The SMILES string of the molecule is COCc1cccc(C(=O)N2CCN(S(=O)(=O)c3ccc(C)cc3)CC2)c1. The van der Waals surface area contributed by atoms with E-state index in [0.717, 1.165) is 11.1 Å². The molecule has 1 saturated heterocycles. The molecule has 1 aliphatic rings. The molecule has 0 N–H and O–H groups in total. The number of amides is 1. The molecule has 7 heteroatoms. The highest BCUT2D eigenvalue weighted by atomic mass is 32.2. The van der Waals surface area contributed by atoms with E-state index in [4.69, 9.17) is 4.74 Å². The van der Waals surface area contributed by atoms with Crippen LogP contribution in [0.15, 0.2) is 53.4 Å². The third kappa shape index (κ3) is 4.37. The number of carbonyl (C=O) groups excluding carboxylic acids is 1. The fraction of sp³-hybridized carbons (Fsp3) is 0.350. The molecule has 144 valence electrons. The summed E-state index contributed by atoms with van der Waals surface area (Å²) in [7, 11) is -1.91. The smallest absolute Gasteiger partial charge is 0.253 e. The molecule has 1 fully saturated rings. The first kappa shape index (κ1) is 19.5. The first-order chi connectivity index (χ1) is 12.9. The molecule has 1 amide bonds. The van der Waals surface area contributed by atoms with Gasteiger partial charge in [-0.1, -0.05) is 29.8 Å². The molecule has 2 aromatic carbocycles. The van der Waals surface area contributed by atoms with Gasteiger partial charge in [0.1, 0.15) is 0 Å². The summed E-state index contributed by atoms with van der Waals surface area (Å²) < 4.78 is 32.1. The lowest BCUT2D eigenvalue weighted by molar-refractivity contribution is 0.0697. The number of hydrogen-bond acceptors (Lipinski definition) is 4. The minimum Gasteiger partial charge on any atom is -0.380 e. The fourth-order valence-corrected chi connectivity index (χ4v) is 4.56. The van der Waals surface area contributed by atoms with Crippen LogP contribution in [0.3, 0.4) is 0 Å². The highest BCUT2D eigenvalue weighted by molar-refractivity contribution is 7.89. The highest BCUT2D eigenvalue weighted by Crippen LogP contribution is 2.19. The average Bonchev–Trinajstić information content (AvgIpc) is 2.68. The second-order valence-electron chi connectivity index (χ2n) is 6.64. The van der Waals surface area contributed by atoms with Crippen LogP contribution in [0.1, 0.15) is 21.5 Å². The summed E-state index contributed by atoms with van der Waals surface area (Å²) in [5.74, 6) is -0.0830. The number of benzene rings is 2. The van der Waals surface area contributed by atoms with Crippen molar-refractivity contribution < 1.29 is 17.9 Å². The van der Waals surface area contributed by atoms with E-state index in [0.29, 0.717) is 43.2 Å². The van der Waals surface area contributed by atoms with Crippen LogP contribution in [-0.4, -0.2) is 56.8 Å². The summed E-state index contributed by atoms with van der Waals surface area (Å²) in [4.78, 5) is 14.7. The normalized spacial score (nSPS) is 15.7. The van der Waals surface area contributed by atoms with Crippen molar-refractivity contribution in [3.8, 4) is 0 Å². The largest absolute Gasteiger partial charge is 0.380 e. The molecule has 0 bridgehead atoms. The Bertz CT molecular complexity index is 902. The number of nitrogens with zero attached hydrogens (tertiary/aromatic N) is 2. The molecule has 0 aromatic heterocycles. The maximum absolute atomic E-state index is 12.8. The first-order valence-corrected chi connectivity index (χ1v) is 10.3. The van der Waals surface area contributed by atoms with Crippen LogP contribution < -0.4 is 0 Å². The van der Waals surface area contributed by atoms with E-state index >= 15 is 0 Å². The lowest BCUT2D eigenvalue weighted by Gasteiger charge is -2.34. The van der Waals surface area contributed by atoms with Gasteiger partial charge in [-0.2, -0.15) is 4.31 Å². The Kier molecular flexibility index (Phi) is 5.94. The number of rotatable bonds is 5. The van der Waals surface area contributed by atoms with E-state index in [1.54, 1.807) is 42.3 Å². The fourth-order valence-electron chi connectivity index (χ4n) is 3.13. The Hall–Kier alpha value is -2.22. The van der Waals surface area contributed by atoms with Crippen molar-refractivity contribution in [1.29, 1.82) is 0 Å². The van der Waals surface area contributed by atoms with Gasteiger partial charge < -0.3 is 9.64 Å². The van der Waals surface area contributed by atoms with Crippen LogP contribution in [0.25, 0.3) is 0 Å². The van der Waals surface area contributed by atoms with Gasteiger partial charge in [0.05, 0.1) is 11.5 Å². The zero-order valence-electron chi connectivity index (χ0n) is 15.6. The molecule has 0 unspecified atom stereocenters. The topological polar surface area (TPSA) is 66.9 Å². The highest BCUT2D eigenvalue weighted by Gasteiger charge is 2.30. The summed E-state index contributed by atoms with van der Waals surface area (Å²) in [6.07, 6.45) is 0. The van der Waals surface area contributed by atoms with Gasteiger partial charge in [-0.15, -0.1) is 0 Å². The summed E-state index contributed by atoms with van der Waals surface area (Å²) >= 11 is 0. The molecule has 1 aliphatic heterocycles. The predicted octanol–water partition coefficient (Wildman–Crippen LogP) is 2.29. The number of ether oxygens (including phenoxy) is 1. The standard InChI is InChI=1S/C20H24N2O4S/c1-16-6-8-19(9-7-16)27(24,25)22-12-10-21(11-13-22)20(23)18-5-3-4-17(14-18)15-26-2/h3-9,14H,10-13,15H2,1-2H3. The Morgan fingerprint density at radius 2 is 1.70 bits per heavy atom. The van der Waals surface area contributed by atoms with Crippen molar-refractivity contribution in [2.75, 3.05) is 33.3 Å². The van der Waals surface area contributed by atoms with E-state index in [-0.39, 0.29) is 5.91 Å². The van der Waals surface area contributed by atoms with Gasteiger partial charge >= 0.3 is 0 Å². The van der Waals surface area contributed by atoms with Gasteiger partial charge in [0.25, 0.3) is 5.91 Å². The average molecular weight is 388 g/mol. The summed E-state index contributed by atoms with van der Waals surface area (Å²) in [5, 5.41) is 0. The molecule has 0 saturated carbocycles. The maximum Gasteiger partial charge on any atom is 0.253 e. The van der Waals surface area contributed by atoms with Crippen LogP contribution in [0.2, 0.25) is 0 Å². The molecular weight excluding hydrogens is 364 g/mol. The third-order valence-electron chi connectivity index (χ3n) is 4.67. The van der Waals surface area contributed by atoms with Gasteiger partial charge in [0, 0.05) is 38.9 Å². The molecule has 27 heavy (non-hydrogen) atoms. The summed E-state index contributed by atoms with van der Waals surface area (Å²) in [6, 6.07) is 14.2. The van der Waals surface area contributed by atoms with Gasteiger partial charge in [-0.3, -0.25) is 4.79 Å². The zero-order chi connectivity index (χ0) is 19.4. The van der Waals surface area contributed by atoms with Crippen molar-refractivity contribution in [3.63, 3.8) is 0 Å². The summed E-state index contributed by atoms with van der Waals surface area (Å²) in [5.41, 5.74) is 2.54. The Morgan fingerprint density at radius 1 is 1.04 bits per heavy atom. The first-order valence-electron chi connectivity index (χ1n) is 8.86. The van der Waals surface area contributed by atoms with Crippen LogP contribution in [0, 0.1) is 6.92 Å². The number of aryl methyl sites for hydroxylation is 1. The van der Waals surface area contributed by atoms with Crippen LogP contribution in [-0.2, 0) is 21.4 Å². The van der Waals surface area contributed by atoms with Crippen molar-refractivity contribution in [3.05, 3.63) is 65.2 Å². The number of methoxy groups -OCH3 is 1. The number of hydrogen-bond donors (Lipinski definition) is 0. The Labute approximate surface area is 160 Å². The minimum atomic E-state index is -3.53. The number of piperazine rings is 1. The molecule has 2 aromatic rings. The van der Waals surface area contributed by atoms with Gasteiger partial charge in [0.15, 0.2) is 0 Å². The van der Waals surface area contributed by atoms with E-state index < -0.39 is 10.0 Å². The third-order valence-corrected chi connectivity index (χ3v) is 6.58. The monoisotopic (exact) mass is 388 g/mol. The van der Waals surface area contributed by atoms with Crippen LogP contribution >= 0.6 is 0 Å². The molecule has 3 rings (SSSR count). The molecule has 6 nitrogen and oxygen atoms in total. The van der Waals surface area contributed by atoms with E-state index in [1.807, 2.05) is 25.1 Å². The van der Waals surface area contributed by atoms with Gasteiger partial charge in [0.2, 0.25) is 10.0 Å². The number of sulfonamides is 1. The molecule has 0 aliphatic carbocycles.